The minimum atomic E-state index is -0.358. The monoisotopic (exact) mass is 282 g/mol. The van der Waals surface area contributed by atoms with Gasteiger partial charge < -0.3 is 14.9 Å². The van der Waals surface area contributed by atoms with E-state index in [1.807, 2.05) is 0 Å². The summed E-state index contributed by atoms with van der Waals surface area (Å²) in [7, 11) is 1.38. The van der Waals surface area contributed by atoms with Gasteiger partial charge in [-0.25, -0.2) is 4.79 Å². The molecule has 0 saturated heterocycles. The normalized spacial score (nSPS) is 11.9. The lowest BCUT2D eigenvalue weighted by Crippen LogP contribution is -2.39. The molecule has 0 aliphatic rings. The Morgan fingerprint density at radius 3 is 2.75 bits per heavy atom. The largest absolute Gasteiger partial charge is 0.467 e. The van der Waals surface area contributed by atoms with Crippen LogP contribution in [0, 0.1) is 5.41 Å². The van der Waals surface area contributed by atoms with Gasteiger partial charge in [-0.3, -0.25) is 4.90 Å². The van der Waals surface area contributed by atoms with Gasteiger partial charge in [0.2, 0.25) is 0 Å². The summed E-state index contributed by atoms with van der Waals surface area (Å²) in [6.07, 6.45) is 2.56. The molecule has 0 saturated carbocycles. The number of rotatable bonds is 8. The van der Waals surface area contributed by atoms with Gasteiger partial charge in [-0.1, -0.05) is 20.8 Å². The van der Waals surface area contributed by atoms with E-state index in [9.17, 15) is 4.79 Å². The Bertz CT molecular complexity index is 427. The first-order valence-corrected chi connectivity index (χ1v) is 7.00. The molecule has 0 bridgehead atoms. The molecule has 0 aliphatic carbocycles. The molecule has 0 atom stereocenters. The lowest BCUT2D eigenvalue weighted by Gasteiger charge is -2.31. The Balaban J connectivity index is 2.80. The molecule has 1 aromatic rings. The average molecular weight is 282 g/mol. The van der Waals surface area contributed by atoms with Crippen LogP contribution in [0.15, 0.2) is 16.7 Å². The lowest BCUT2D eigenvalue weighted by molar-refractivity contribution is 0.0595. The molecule has 5 heteroatoms. The van der Waals surface area contributed by atoms with Gasteiger partial charge in [0.1, 0.15) is 11.3 Å². The molecule has 5 nitrogen and oxygen atoms in total. The Labute approximate surface area is 121 Å². The van der Waals surface area contributed by atoms with E-state index in [0.29, 0.717) is 24.4 Å². The number of carbonyl (C=O) groups excluding carboxylic acids is 1. The number of ether oxygens (including phenoxy) is 1. The van der Waals surface area contributed by atoms with Crippen LogP contribution in [0.4, 0.5) is 0 Å². The summed E-state index contributed by atoms with van der Waals surface area (Å²) in [6.45, 7) is 9.41. The zero-order chi connectivity index (χ0) is 15.2. The predicted molar refractivity (Wildman–Crippen MR) is 78.5 cm³/mol. The first-order chi connectivity index (χ1) is 9.43. The first kappa shape index (κ1) is 16.7. The van der Waals surface area contributed by atoms with E-state index in [1.54, 1.807) is 6.07 Å². The molecule has 0 aromatic carbocycles. The van der Waals surface area contributed by atoms with Crippen LogP contribution in [0.5, 0.6) is 0 Å². The maximum Gasteiger partial charge on any atom is 0.341 e. The van der Waals surface area contributed by atoms with Gasteiger partial charge in [-0.2, -0.15) is 0 Å². The highest BCUT2D eigenvalue weighted by Crippen LogP contribution is 2.20. The zero-order valence-corrected chi connectivity index (χ0v) is 12.9. The van der Waals surface area contributed by atoms with Gasteiger partial charge in [-0.05, 0) is 31.0 Å². The van der Waals surface area contributed by atoms with Crippen LogP contribution in [0.25, 0.3) is 0 Å². The van der Waals surface area contributed by atoms with Crippen LogP contribution >= 0.6 is 0 Å². The predicted octanol–water partition coefficient (Wildman–Crippen LogP) is 2.26. The summed E-state index contributed by atoms with van der Waals surface area (Å²) in [5.74, 6) is 0.293. The molecular formula is C15H26N2O3. The zero-order valence-electron chi connectivity index (χ0n) is 12.9. The number of hydrogen-bond donors (Lipinski definition) is 1. The molecular weight excluding hydrogens is 256 g/mol. The summed E-state index contributed by atoms with van der Waals surface area (Å²) >= 11 is 0. The summed E-state index contributed by atoms with van der Waals surface area (Å²) in [4.78, 5) is 13.9. The van der Waals surface area contributed by atoms with E-state index in [4.69, 9.17) is 14.9 Å². The minimum Gasteiger partial charge on any atom is -0.467 e. The van der Waals surface area contributed by atoms with Crippen LogP contribution in [-0.4, -0.2) is 37.6 Å². The Morgan fingerprint density at radius 1 is 1.50 bits per heavy atom. The minimum absolute atomic E-state index is 0.0349. The smallest absolute Gasteiger partial charge is 0.341 e. The maximum absolute atomic E-state index is 11.7. The molecule has 20 heavy (non-hydrogen) atoms. The molecule has 0 fully saturated rings. The van der Waals surface area contributed by atoms with Crippen molar-refractivity contribution in [2.24, 2.45) is 11.1 Å². The van der Waals surface area contributed by atoms with Gasteiger partial charge in [-0.15, -0.1) is 0 Å². The Hall–Kier alpha value is -1.33. The van der Waals surface area contributed by atoms with Crippen LogP contribution in [0.2, 0.25) is 0 Å². The van der Waals surface area contributed by atoms with E-state index in [1.165, 1.54) is 13.4 Å². The molecule has 114 valence electrons. The van der Waals surface area contributed by atoms with Crippen LogP contribution < -0.4 is 5.73 Å². The SMILES string of the molecule is CCCN(Cc1occc1C(=O)OC)CC(C)(C)CN. The molecule has 0 amide bonds. The van der Waals surface area contributed by atoms with Crippen molar-refractivity contribution in [2.75, 3.05) is 26.7 Å². The van der Waals surface area contributed by atoms with Crippen molar-refractivity contribution in [1.29, 1.82) is 0 Å². The standard InChI is InChI=1S/C15H26N2O3/c1-5-7-17(11-15(2,3)10-16)9-13-12(6-8-20-13)14(18)19-4/h6,8H,5,7,9-11,16H2,1-4H3. The van der Waals surface area contributed by atoms with E-state index in [0.717, 1.165) is 19.5 Å². The number of esters is 1. The van der Waals surface area contributed by atoms with Crippen molar-refractivity contribution in [3.05, 3.63) is 23.7 Å². The van der Waals surface area contributed by atoms with Gasteiger partial charge >= 0.3 is 5.97 Å². The number of carbonyl (C=O) groups is 1. The Kier molecular flexibility index (Phi) is 6.23. The second-order valence-electron chi connectivity index (χ2n) is 5.83. The molecule has 0 spiro atoms. The van der Waals surface area contributed by atoms with Gasteiger partial charge in [0.25, 0.3) is 0 Å². The third-order valence-corrected chi connectivity index (χ3v) is 3.26. The van der Waals surface area contributed by atoms with Crippen molar-refractivity contribution in [1.82, 2.24) is 4.90 Å². The quantitative estimate of drug-likeness (QED) is 0.741. The fraction of sp³-hybridized carbons (Fsp3) is 0.667. The molecule has 0 radical (unpaired) electrons. The first-order valence-electron chi connectivity index (χ1n) is 7.00. The number of methoxy groups -OCH3 is 1. The van der Waals surface area contributed by atoms with Crippen LogP contribution in [-0.2, 0) is 11.3 Å². The van der Waals surface area contributed by atoms with E-state index >= 15 is 0 Å². The van der Waals surface area contributed by atoms with Gasteiger partial charge in [0.15, 0.2) is 0 Å². The third kappa shape index (κ3) is 4.65. The van der Waals surface area contributed by atoms with Crippen molar-refractivity contribution in [2.45, 2.75) is 33.7 Å². The van der Waals surface area contributed by atoms with Crippen molar-refractivity contribution in [3.8, 4) is 0 Å². The average Bonchev–Trinajstić information content (AvgIpc) is 2.86. The Morgan fingerprint density at radius 2 is 2.20 bits per heavy atom. The number of nitrogens with zero attached hydrogens (tertiary/aromatic N) is 1. The van der Waals surface area contributed by atoms with Crippen LogP contribution in [0.3, 0.4) is 0 Å². The molecule has 1 heterocycles. The maximum atomic E-state index is 11.7. The summed E-state index contributed by atoms with van der Waals surface area (Å²) < 4.78 is 10.2. The summed E-state index contributed by atoms with van der Waals surface area (Å²) in [5.41, 5.74) is 6.33. The fourth-order valence-corrected chi connectivity index (χ4v) is 2.16. The third-order valence-electron chi connectivity index (χ3n) is 3.26. The highest BCUT2D eigenvalue weighted by atomic mass is 16.5. The highest BCUT2D eigenvalue weighted by Gasteiger charge is 2.23. The fourth-order valence-electron chi connectivity index (χ4n) is 2.16. The molecule has 0 unspecified atom stereocenters. The number of furan rings is 1. The van der Waals surface area contributed by atoms with Crippen molar-refractivity contribution >= 4 is 5.97 Å². The van der Waals surface area contributed by atoms with Crippen molar-refractivity contribution in [3.63, 3.8) is 0 Å². The van der Waals surface area contributed by atoms with Gasteiger partial charge in [0, 0.05) is 6.54 Å². The molecule has 2 N–H and O–H groups in total. The van der Waals surface area contributed by atoms with Crippen molar-refractivity contribution < 1.29 is 13.9 Å². The molecule has 1 rings (SSSR count). The summed E-state index contributed by atoms with van der Waals surface area (Å²) in [5, 5.41) is 0. The second-order valence-corrected chi connectivity index (χ2v) is 5.83. The molecule has 0 aliphatic heterocycles. The number of hydrogen-bond acceptors (Lipinski definition) is 5. The lowest BCUT2D eigenvalue weighted by atomic mass is 9.93. The van der Waals surface area contributed by atoms with E-state index in [-0.39, 0.29) is 11.4 Å². The second kappa shape index (κ2) is 7.45. The van der Waals surface area contributed by atoms with E-state index in [2.05, 4.69) is 25.7 Å². The van der Waals surface area contributed by atoms with Gasteiger partial charge in [0.05, 0.1) is 19.9 Å². The highest BCUT2D eigenvalue weighted by molar-refractivity contribution is 5.90. The van der Waals surface area contributed by atoms with Crippen LogP contribution in [0.1, 0.15) is 43.3 Å². The van der Waals surface area contributed by atoms with E-state index < -0.39 is 0 Å². The summed E-state index contributed by atoms with van der Waals surface area (Å²) in [6, 6.07) is 1.65. The molecule has 1 aromatic heterocycles. The number of nitrogens with two attached hydrogens (primary N) is 1. The topological polar surface area (TPSA) is 68.7 Å².